The zero-order valence-corrected chi connectivity index (χ0v) is 13.1. The van der Waals surface area contributed by atoms with Crippen molar-refractivity contribution in [3.8, 4) is 0 Å². The fourth-order valence-electron chi connectivity index (χ4n) is 1.85. The van der Waals surface area contributed by atoms with Crippen LogP contribution >= 0.6 is 23.1 Å². The van der Waals surface area contributed by atoms with Crippen LogP contribution in [-0.4, -0.2) is 12.0 Å². The minimum Gasteiger partial charge on any atom is -0.396 e. The Morgan fingerprint density at radius 3 is 2.71 bits per heavy atom. The maximum atomic E-state index is 13.6. The lowest BCUT2D eigenvalue weighted by atomic mass is 10.2. The summed E-state index contributed by atoms with van der Waals surface area (Å²) in [6.07, 6.45) is 1.85. The number of carbonyl (C=O) groups excluding carboxylic acids is 1. The van der Waals surface area contributed by atoms with Crippen LogP contribution in [0.15, 0.2) is 23.1 Å². The molecule has 1 heterocycles. The number of nitrogen functional groups attached to an aromatic ring is 1. The molecule has 112 valence electrons. The average Bonchev–Trinajstić information content (AvgIpc) is 2.74. The summed E-state index contributed by atoms with van der Waals surface area (Å²) in [5.41, 5.74) is 6.73. The van der Waals surface area contributed by atoms with Crippen LogP contribution in [0.1, 0.15) is 22.2 Å². The summed E-state index contributed by atoms with van der Waals surface area (Å²) in [7, 11) is 0. The van der Waals surface area contributed by atoms with Crippen molar-refractivity contribution < 1.29 is 13.6 Å². The molecule has 3 N–H and O–H groups in total. The summed E-state index contributed by atoms with van der Waals surface area (Å²) in [6, 6.07) is 3.44. The number of thioether (sulfide) groups is 1. The molecule has 0 fully saturated rings. The lowest BCUT2D eigenvalue weighted by Crippen LogP contribution is -2.01. The Balaban J connectivity index is 2.23. The van der Waals surface area contributed by atoms with Crippen LogP contribution in [0.4, 0.5) is 19.5 Å². The highest BCUT2D eigenvalue weighted by Gasteiger charge is 2.18. The third-order valence-corrected chi connectivity index (χ3v) is 5.10. The largest absolute Gasteiger partial charge is 0.396 e. The molecule has 0 aliphatic rings. The van der Waals surface area contributed by atoms with Gasteiger partial charge in [-0.1, -0.05) is 6.07 Å². The Kier molecular flexibility index (Phi) is 4.84. The zero-order valence-electron chi connectivity index (χ0n) is 11.5. The van der Waals surface area contributed by atoms with Crippen LogP contribution in [0, 0.1) is 11.6 Å². The van der Waals surface area contributed by atoms with Gasteiger partial charge in [0.25, 0.3) is 0 Å². The fourth-order valence-corrected chi connectivity index (χ4v) is 3.78. The van der Waals surface area contributed by atoms with Gasteiger partial charge < -0.3 is 11.1 Å². The number of hydrogen-bond donors (Lipinski definition) is 2. The molecule has 0 atom stereocenters. The van der Waals surface area contributed by atoms with E-state index in [1.165, 1.54) is 42.2 Å². The van der Waals surface area contributed by atoms with Gasteiger partial charge in [-0.05, 0) is 12.3 Å². The van der Waals surface area contributed by atoms with E-state index in [9.17, 15) is 13.6 Å². The molecule has 0 saturated heterocycles. The van der Waals surface area contributed by atoms with Crippen molar-refractivity contribution in [3.63, 3.8) is 0 Å². The van der Waals surface area contributed by atoms with Gasteiger partial charge in [-0.2, -0.15) is 0 Å². The van der Waals surface area contributed by atoms with E-state index in [4.69, 9.17) is 5.73 Å². The molecule has 0 unspecified atom stereocenters. The van der Waals surface area contributed by atoms with Gasteiger partial charge in [-0.25, -0.2) is 8.78 Å². The molecule has 2 aromatic rings. The average molecular weight is 328 g/mol. The van der Waals surface area contributed by atoms with Crippen LogP contribution in [0.25, 0.3) is 0 Å². The van der Waals surface area contributed by atoms with Crippen molar-refractivity contribution in [2.75, 3.05) is 17.3 Å². The van der Waals surface area contributed by atoms with Gasteiger partial charge in [0, 0.05) is 25.1 Å². The van der Waals surface area contributed by atoms with Gasteiger partial charge in [-0.3, -0.25) is 4.79 Å². The number of nitrogens with two attached hydrogens (primary N) is 1. The van der Waals surface area contributed by atoms with E-state index in [0.29, 0.717) is 21.1 Å². The fraction of sp³-hybridized carbons (Fsp3) is 0.214. The van der Waals surface area contributed by atoms with Crippen LogP contribution in [-0.2, 0) is 6.54 Å². The number of hydrogen-bond acceptors (Lipinski definition) is 5. The van der Waals surface area contributed by atoms with Crippen LogP contribution in [0.5, 0.6) is 0 Å². The van der Waals surface area contributed by atoms with Gasteiger partial charge in [0.15, 0.2) is 5.78 Å². The maximum absolute atomic E-state index is 13.6. The third kappa shape index (κ3) is 3.36. The summed E-state index contributed by atoms with van der Waals surface area (Å²) in [5, 5.41) is 3.78. The normalized spacial score (nSPS) is 10.7. The van der Waals surface area contributed by atoms with Crippen molar-refractivity contribution >= 4 is 39.6 Å². The molecule has 0 spiro atoms. The number of Topliss-reactive ketones (excluding diaryl/α,β-unsaturated/α-hetero) is 1. The van der Waals surface area contributed by atoms with Crippen LogP contribution in [0.3, 0.4) is 0 Å². The minimum absolute atomic E-state index is 0.103. The van der Waals surface area contributed by atoms with Gasteiger partial charge in [-0.15, -0.1) is 23.1 Å². The molecule has 0 aliphatic carbocycles. The quantitative estimate of drug-likeness (QED) is 0.640. The van der Waals surface area contributed by atoms with Gasteiger partial charge in [0.05, 0.1) is 15.5 Å². The molecule has 0 aliphatic heterocycles. The summed E-state index contributed by atoms with van der Waals surface area (Å²) in [4.78, 5) is 12.8. The molecule has 0 bridgehead atoms. The van der Waals surface area contributed by atoms with Gasteiger partial charge in [0.2, 0.25) is 0 Å². The van der Waals surface area contributed by atoms with Crippen molar-refractivity contribution in [3.05, 3.63) is 40.3 Å². The lowest BCUT2D eigenvalue weighted by molar-refractivity contribution is 0.102. The number of thiophene rings is 1. The zero-order chi connectivity index (χ0) is 15.6. The monoisotopic (exact) mass is 328 g/mol. The Morgan fingerprint density at radius 1 is 1.43 bits per heavy atom. The summed E-state index contributed by atoms with van der Waals surface area (Å²) in [6.45, 7) is 1.65. The van der Waals surface area contributed by atoms with E-state index in [0.717, 1.165) is 11.0 Å². The number of nitrogens with one attached hydrogen (secondary N) is 1. The number of benzene rings is 1. The van der Waals surface area contributed by atoms with E-state index in [1.807, 2.05) is 6.26 Å². The smallest absolute Gasteiger partial charge is 0.171 e. The molecule has 3 nitrogen and oxygen atoms in total. The molecule has 0 amide bonds. The maximum Gasteiger partial charge on any atom is 0.171 e. The van der Waals surface area contributed by atoms with E-state index in [-0.39, 0.29) is 12.3 Å². The molecule has 21 heavy (non-hydrogen) atoms. The summed E-state index contributed by atoms with van der Waals surface area (Å²) in [5.74, 6) is -1.32. The highest BCUT2D eigenvalue weighted by Crippen LogP contribution is 2.42. The number of ketones is 1. The highest BCUT2D eigenvalue weighted by molar-refractivity contribution is 7.99. The molecule has 7 heteroatoms. The van der Waals surface area contributed by atoms with Crippen molar-refractivity contribution in [1.82, 2.24) is 0 Å². The standard InChI is InChI=1S/C14H14F2N2OS2/c1-7(19)12-11(17)13(20-2)14(21-12)18-6-8-3-4-9(15)5-10(8)16/h3-5,18H,6,17H2,1-2H3. The second-order valence-corrected chi connectivity index (χ2v) is 6.19. The molecule has 0 radical (unpaired) electrons. The SMILES string of the molecule is CSc1c(NCc2ccc(F)cc2F)sc(C(C)=O)c1N. The molecule has 0 saturated carbocycles. The number of rotatable bonds is 5. The predicted molar refractivity (Wildman–Crippen MR) is 84.2 cm³/mol. The first-order valence-corrected chi connectivity index (χ1v) is 8.13. The first-order valence-electron chi connectivity index (χ1n) is 6.09. The third-order valence-electron chi connectivity index (χ3n) is 2.88. The second-order valence-electron chi connectivity index (χ2n) is 4.35. The molecular weight excluding hydrogens is 314 g/mol. The topological polar surface area (TPSA) is 55.1 Å². The van der Waals surface area contributed by atoms with Gasteiger partial charge >= 0.3 is 0 Å². The summed E-state index contributed by atoms with van der Waals surface area (Å²) < 4.78 is 26.4. The van der Waals surface area contributed by atoms with E-state index in [1.54, 1.807) is 0 Å². The highest BCUT2D eigenvalue weighted by atomic mass is 32.2. The Labute approximate surface area is 129 Å². The number of halogens is 2. The van der Waals surface area contributed by atoms with Gasteiger partial charge in [0.1, 0.15) is 16.6 Å². The van der Waals surface area contributed by atoms with Crippen molar-refractivity contribution in [1.29, 1.82) is 0 Å². The molecular formula is C14H14F2N2OS2. The Hall–Kier alpha value is -1.60. The van der Waals surface area contributed by atoms with Crippen LogP contribution < -0.4 is 11.1 Å². The second kappa shape index (κ2) is 6.44. The minimum atomic E-state index is -0.611. The van der Waals surface area contributed by atoms with E-state index < -0.39 is 11.6 Å². The Morgan fingerprint density at radius 2 is 2.14 bits per heavy atom. The van der Waals surface area contributed by atoms with Crippen molar-refractivity contribution in [2.45, 2.75) is 18.4 Å². The molecule has 1 aromatic heterocycles. The Bertz CT molecular complexity index is 686. The predicted octanol–water partition coefficient (Wildman–Crippen LogP) is 4.15. The number of carbonyl (C=O) groups is 1. The first-order chi connectivity index (χ1) is 9.93. The number of anilines is 2. The molecule has 1 aromatic carbocycles. The van der Waals surface area contributed by atoms with E-state index >= 15 is 0 Å². The molecule has 2 rings (SSSR count). The van der Waals surface area contributed by atoms with E-state index in [2.05, 4.69) is 5.32 Å². The van der Waals surface area contributed by atoms with Crippen LogP contribution in [0.2, 0.25) is 0 Å². The summed E-state index contributed by atoms with van der Waals surface area (Å²) >= 11 is 2.66. The lowest BCUT2D eigenvalue weighted by Gasteiger charge is -2.07. The van der Waals surface area contributed by atoms with Crippen molar-refractivity contribution in [2.24, 2.45) is 0 Å². The first kappa shape index (κ1) is 15.8.